The highest BCUT2D eigenvalue weighted by molar-refractivity contribution is 5.95. The van der Waals surface area contributed by atoms with Crippen molar-refractivity contribution >= 4 is 11.7 Å². The molecule has 0 saturated carbocycles. The maximum atomic E-state index is 12.7. The molecular weight excluding hydrogens is 268 g/mol. The van der Waals surface area contributed by atoms with Gasteiger partial charge in [0.05, 0.1) is 12.2 Å². The lowest BCUT2D eigenvalue weighted by Gasteiger charge is -2.35. The van der Waals surface area contributed by atoms with E-state index in [1.54, 1.807) is 6.07 Å². The van der Waals surface area contributed by atoms with Crippen molar-refractivity contribution in [3.05, 3.63) is 23.4 Å². The van der Waals surface area contributed by atoms with Gasteiger partial charge in [-0.1, -0.05) is 13.3 Å². The highest BCUT2D eigenvalue weighted by atomic mass is 16.5. The molecule has 1 saturated heterocycles. The van der Waals surface area contributed by atoms with Crippen molar-refractivity contribution < 1.29 is 9.53 Å². The molecular formula is C15H24N4O2. The van der Waals surface area contributed by atoms with E-state index in [2.05, 4.69) is 17.3 Å². The van der Waals surface area contributed by atoms with Gasteiger partial charge < -0.3 is 15.1 Å². The Labute approximate surface area is 125 Å². The molecule has 6 heteroatoms. The number of hydrogen-bond donors (Lipinski definition) is 2. The fraction of sp³-hybridized carbons (Fsp3) is 0.600. The number of nitrogens with two attached hydrogens (primary N) is 1. The predicted molar refractivity (Wildman–Crippen MR) is 82.0 cm³/mol. The summed E-state index contributed by atoms with van der Waals surface area (Å²) in [6.45, 7) is 7.27. The highest BCUT2D eigenvalue weighted by Gasteiger charge is 2.27. The summed E-state index contributed by atoms with van der Waals surface area (Å²) >= 11 is 0. The van der Waals surface area contributed by atoms with Gasteiger partial charge in [-0.3, -0.25) is 4.79 Å². The second kappa shape index (κ2) is 6.87. The Bertz CT molecular complexity index is 496. The molecule has 1 aromatic heterocycles. The number of hydrogen-bond acceptors (Lipinski definition) is 5. The molecule has 0 unspecified atom stereocenters. The average molecular weight is 292 g/mol. The molecule has 1 fully saturated rings. The quantitative estimate of drug-likeness (QED) is 0.650. The van der Waals surface area contributed by atoms with Crippen molar-refractivity contribution in [1.29, 1.82) is 0 Å². The summed E-state index contributed by atoms with van der Waals surface area (Å²) in [5.74, 6) is 5.98. The number of aromatic nitrogens is 1. The molecule has 0 aliphatic carbocycles. The molecule has 1 aromatic rings. The molecule has 1 amide bonds. The second-order valence-electron chi connectivity index (χ2n) is 5.59. The minimum Gasteiger partial charge on any atom is -0.372 e. The summed E-state index contributed by atoms with van der Waals surface area (Å²) < 4.78 is 5.67. The first-order valence-corrected chi connectivity index (χ1v) is 7.45. The molecule has 0 radical (unpaired) electrons. The van der Waals surface area contributed by atoms with Gasteiger partial charge in [-0.05, 0) is 32.4 Å². The zero-order chi connectivity index (χ0) is 15.4. The molecule has 2 heterocycles. The number of amides is 1. The van der Waals surface area contributed by atoms with E-state index < -0.39 is 0 Å². The molecule has 0 bridgehead atoms. The van der Waals surface area contributed by atoms with Gasteiger partial charge in [0.25, 0.3) is 5.91 Å². The van der Waals surface area contributed by atoms with Crippen LogP contribution in [0, 0.1) is 0 Å². The number of rotatable bonds is 4. The van der Waals surface area contributed by atoms with Crippen LogP contribution in [0.15, 0.2) is 12.1 Å². The second-order valence-corrected chi connectivity index (χ2v) is 5.59. The Morgan fingerprint density at radius 2 is 2.10 bits per heavy atom. The topological polar surface area (TPSA) is 80.5 Å². The highest BCUT2D eigenvalue weighted by Crippen LogP contribution is 2.17. The molecule has 1 aliphatic heterocycles. The zero-order valence-electron chi connectivity index (χ0n) is 12.9. The van der Waals surface area contributed by atoms with E-state index >= 15 is 0 Å². The number of anilines is 1. The van der Waals surface area contributed by atoms with Crippen LogP contribution in [0.25, 0.3) is 0 Å². The maximum absolute atomic E-state index is 12.7. The Morgan fingerprint density at radius 3 is 2.67 bits per heavy atom. The average Bonchev–Trinajstić information content (AvgIpc) is 2.45. The fourth-order valence-corrected chi connectivity index (χ4v) is 2.70. The van der Waals surface area contributed by atoms with E-state index in [0.717, 1.165) is 18.5 Å². The summed E-state index contributed by atoms with van der Waals surface area (Å²) in [7, 11) is 0. The fourth-order valence-electron chi connectivity index (χ4n) is 2.70. The molecule has 21 heavy (non-hydrogen) atoms. The predicted octanol–water partition coefficient (Wildman–Crippen LogP) is 1.57. The van der Waals surface area contributed by atoms with E-state index in [9.17, 15) is 4.79 Å². The molecule has 3 N–H and O–H groups in total. The molecule has 0 spiro atoms. The molecule has 116 valence electrons. The summed E-state index contributed by atoms with van der Waals surface area (Å²) in [4.78, 5) is 18.9. The van der Waals surface area contributed by atoms with Gasteiger partial charge in [0.15, 0.2) is 0 Å². The Morgan fingerprint density at radius 1 is 1.43 bits per heavy atom. The van der Waals surface area contributed by atoms with Crippen LogP contribution in [0.4, 0.5) is 5.82 Å². The smallest absolute Gasteiger partial charge is 0.254 e. The van der Waals surface area contributed by atoms with E-state index in [0.29, 0.717) is 24.5 Å². The largest absolute Gasteiger partial charge is 0.372 e. The first-order valence-electron chi connectivity index (χ1n) is 7.45. The van der Waals surface area contributed by atoms with Crippen molar-refractivity contribution in [1.82, 2.24) is 9.88 Å². The van der Waals surface area contributed by atoms with Crippen LogP contribution in [0.3, 0.4) is 0 Å². The van der Waals surface area contributed by atoms with Gasteiger partial charge in [0.1, 0.15) is 5.82 Å². The lowest BCUT2D eigenvalue weighted by atomic mass is 10.1. The number of ether oxygens (including phenoxy) is 1. The minimum absolute atomic E-state index is 0.00764. The SMILES string of the molecule is CCCc1cc(C(=O)N2C[C@@H](C)O[C@@H](C)C2)cc(NN)n1. The third kappa shape index (κ3) is 3.92. The third-order valence-corrected chi connectivity index (χ3v) is 3.49. The number of aryl methyl sites for hydroxylation is 1. The van der Waals surface area contributed by atoms with E-state index in [-0.39, 0.29) is 18.1 Å². The van der Waals surface area contributed by atoms with Crippen LogP contribution in [0.5, 0.6) is 0 Å². The van der Waals surface area contributed by atoms with Crippen LogP contribution in [0.2, 0.25) is 0 Å². The maximum Gasteiger partial charge on any atom is 0.254 e. The van der Waals surface area contributed by atoms with Crippen molar-refractivity contribution in [2.45, 2.75) is 45.8 Å². The van der Waals surface area contributed by atoms with Crippen molar-refractivity contribution in [3.8, 4) is 0 Å². The zero-order valence-corrected chi connectivity index (χ0v) is 12.9. The van der Waals surface area contributed by atoms with Gasteiger partial charge in [-0.25, -0.2) is 10.8 Å². The van der Waals surface area contributed by atoms with E-state index in [4.69, 9.17) is 10.6 Å². The first kappa shape index (κ1) is 15.7. The monoisotopic (exact) mass is 292 g/mol. The van der Waals surface area contributed by atoms with Gasteiger partial charge in [-0.2, -0.15) is 0 Å². The molecule has 6 nitrogen and oxygen atoms in total. The number of carbonyl (C=O) groups excluding carboxylic acids is 1. The number of nitrogens with zero attached hydrogens (tertiary/aromatic N) is 2. The number of pyridine rings is 1. The molecule has 0 aromatic carbocycles. The van der Waals surface area contributed by atoms with Gasteiger partial charge in [0, 0.05) is 24.3 Å². The normalized spacial score (nSPS) is 22.2. The van der Waals surface area contributed by atoms with Crippen LogP contribution >= 0.6 is 0 Å². The molecule has 2 rings (SSSR count). The van der Waals surface area contributed by atoms with Crippen molar-refractivity contribution in [2.75, 3.05) is 18.5 Å². The lowest BCUT2D eigenvalue weighted by molar-refractivity contribution is -0.0586. The summed E-state index contributed by atoms with van der Waals surface area (Å²) in [6, 6.07) is 3.56. The third-order valence-electron chi connectivity index (χ3n) is 3.49. The standard InChI is InChI=1S/C15H24N4O2/c1-4-5-13-6-12(7-14(17-13)18-16)15(20)19-8-10(2)21-11(3)9-19/h6-7,10-11H,4-5,8-9,16H2,1-3H3,(H,17,18)/t10-,11+. The summed E-state index contributed by atoms with van der Waals surface area (Å²) in [5.41, 5.74) is 4.04. The Kier molecular flexibility index (Phi) is 5.14. The van der Waals surface area contributed by atoms with Crippen LogP contribution in [-0.4, -0.2) is 41.1 Å². The number of carbonyl (C=O) groups is 1. The van der Waals surface area contributed by atoms with Crippen molar-refractivity contribution in [2.24, 2.45) is 5.84 Å². The van der Waals surface area contributed by atoms with Gasteiger partial charge in [0.2, 0.25) is 0 Å². The van der Waals surface area contributed by atoms with Crippen LogP contribution in [-0.2, 0) is 11.2 Å². The lowest BCUT2D eigenvalue weighted by Crippen LogP contribution is -2.48. The summed E-state index contributed by atoms with van der Waals surface area (Å²) in [6.07, 6.45) is 1.91. The number of morpholine rings is 1. The Balaban J connectivity index is 2.23. The van der Waals surface area contributed by atoms with Crippen LogP contribution in [0.1, 0.15) is 43.2 Å². The van der Waals surface area contributed by atoms with Crippen LogP contribution < -0.4 is 11.3 Å². The van der Waals surface area contributed by atoms with E-state index in [1.807, 2.05) is 24.8 Å². The molecule has 2 atom stereocenters. The summed E-state index contributed by atoms with van der Waals surface area (Å²) in [5, 5.41) is 0. The first-order chi connectivity index (χ1) is 10.0. The van der Waals surface area contributed by atoms with Gasteiger partial charge in [-0.15, -0.1) is 0 Å². The van der Waals surface area contributed by atoms with Crippen molar-refractivity contribution in [3.63, 3.8) is 0 Å². The number of nitrogens with one attached hydrogen (secondary N) is 1. The molecule has 1 aliphatic rings. The van der Waals surface area contributed by atoms with Gasteiger partial charge >= 0.3 is 0 Å². The Hall–Kier alpha value is -1.66. The van der Waals surface area contributed by atoms with E-state index in [1.165, 1.54) is 0 Å². The number of hydrazine groups is 1. The minimum atomic E-state index is 0.00764. The number of nitrogen functional groups attached to an aromatic ring is 1.